The summed E-state index contributed by atoms with van der Waals surface area (Å²) in [4.78, 5) is 26.6. The van der Waals surface area contributed by atoms with Gasteiger partial charge in [0.15, 0.2) is 0 Å². The Bertz CT molecular complexity index is 1030. The van der Waals surface area contributed by atoms with Gasteiger partial charge in [0.1, 0.15) is 4.88 Å². The average molecular weight is 480 g/mol. The van der Waals surface area contributed by atoms with Crippen LogP contribution < -0.4 is 0 Å². The van der Waals surface area contributed by atoms with Crippen molar-refractivity contribution in [2.75, 3.05) is 6.54 Å². The second-order valence-corrected chi connectivity index (χ2v) is 9.93. The number of carboxylic acids is 1. The highest BCUT2D eigenvalue weighted by Gasteiger charge is 2.28. The third-order valence-electron chi connectivity index (χ3n) is 6.11. The fraction of sp³-hybridized carbons (Fsp3) is 0.429. The van der Waals surface area contributed by atoms with Crippen molar-refractivity contribution >= 4 is 23.2 Å². The smallest absolute Gasteiger partial charge is 0.345 e. The van der Waals surface area contributed by atoms with Crippen LogP contribution in [0.2, 0.25) is 0 Å². The van der Waals surface area contributed by atoms with Gasteiger partial charge in [-0.2, -0.15) is 0 Å². The summed E-state index contributed by atoms with van der Waals surface area (Å²) >= 11 is 1.29. The summed E-state index contributed by atoms with van der Waals surface area (Å²) in [5.41, 5.74) is 1.28. The Labute approximate surface area is 206 Å². The number of thiophene rings is 1. The van der Waals surface area contributed by atoms with Crippen LogP contribution >= 0.6 is 11.3 Å². The highest BCUT2D eigenvalue weighted by Crippen LogP contribution is 2.23. The Morgan fingerprint density at radius 1 is 1.21 bits per heavy atom. The van der Waals surface area contributed by atoms with Crippen LogP contribution in [0.15, 0.2) is 54.6 Å². The van der Waals surface area contributed by atoms with Crippen LogP contribution in [-0.4, -0.2) is 45.7 Å². The van der Waals surface area contributed by atoms with Gasteiger partial charge in [0.2, 0.25) is 5.91 Å². The molecule has 3 rings (SSSR count). The SMILES string of the molecule is C[C@@H](CC#CCCc1ccccc1)[C@H](O)C=CC1CCC(=O)N1CCCc1ccc(C(=O)O)s1. The van der Waals surface area contributed by atoms with E-state index in [1.165, 1.54) is 16.9 Å². The first kappa shape index (κ1) is 25.7. The molecule has 6 heteroatoms. The van der Waals surface area contributed by atoms with Gasteiger partial charge >= 0.3 is 5.97 Å². The minimum Gasteiger partial charge on any atom is -0.477 e. The zero-order valence-corrected chi connectivity index (χ0v) is 20.5. The van der Waals surface area contributed by atoms with Gasteiger partial charge in [-0.3, -0.25) is 4.79 Å². The second kappa shape index (κ2) is 13.1. The molecule has 1 amide bonds. The number of hydrogen-bond donors (Lipinski definition) is 2. The first-order chi connectivity index (χ1) is 16.4. The molecular weight excluding hydrogens is 446 g/mol. The second-order valence-electron chi connectivity index (χ2n) is 8.76. The zero-order chi connectivity index (χ0) is 24.3. The quantitative estimate of drug-likeness (QED) is 0.353. The third kappa shape index (κ3) is 7.86. The molecule has 2 N–H and O–H groups in total. The van der Waals surface area contributed by atoms with E-state index in [1.807, 2.05) is 48.2 Å². The van der Waals surface area contributed by atoms with Crippen LogP contribution in [-0.2, 0) is 17.6 Å². The minimum atomic E-state index is -0.901. The number of nitrogens with zero attached hydrogens (tertiary/aromatic N) is 1. The van der Waals surface area contributed by atoms with E-state index in [9.17, 15) is 14.7 Å². The van der Waals surface area contributed by atoms with E-state index >= 15 is 0 Å². The number of aromatic carboxylic acids is 1. The normalized spacial score (nSPS) is 17.5. The lowest BCUT2D eigenvalue weighted by Crippen LogP contribution is -2.33. The molecule has 1 unspecified atom stereocenters. The van der Waals surface area contributed by atoms with Crippen LogP contribution in [0.5, 0.6) is 0 Å². The van der Waals surface area contributed by atoms with Crippen molar-refractivity contribution in [1.82, 2.24) is 4.90 Å². The third-order valence-corrected chi connectivity index (χ3v) is 7.25. The molecule has 1 fully saturated rings. The van der Waals surface area contributed by atoms with Gasteiger partial charge in [-0.1, -0.05) is 49.4 Å². The van der Waals surface area contributed by atoms with Crippen molar-refractivity contribution in [3.8, 4) is 11.8 Å². The molecule has 34 heavy (non-hydrogen) atoms. The fourth-order valence-corrected chi connectivity index (χ4v) is 4.91. The molecule has 2 aromatic rings. The van der Waals surface area contributed by atoms with Crippen LogP contribution in [0.3, 0.4) is 0 Å². The standard InChI is InChI=1S/C28H33NO4S/c1-21(9-4-2-5-10-22-11-6-3-7-12-22)25(30)17-14-23-15-19-27(31)29(23)20-8-13-24-16-18-26(34-24)28(32)33/h3,6-7,11-12,14,16-18,21,23,25,30H,5,8-10,13,15,19-20H2,1H3,(H,32,33)/t21-,23?,25+/m0/s1. The maximum Gasteiger partial charge on any atom is 0.345 e. The highest BCUT2D eigenvalue weighted by atomic mass is 32.1. The van der Waals surface area contributed by atoms with E-state index in [1.54, 1.807) is 6.07 Å². The topological polar surface area (TPSA) is 77.8 Å². The van der Waals surface area contributed by atoms with Crippen molar-refractivity contribution in [3.63, 3.8) is 0 Å². The summed E-state index contributed by atoms with van der Waals surface area (Å²) in [6, 6.07) is 13.8. The maximum absolute atomic E-state index is 12.3. The maximum atomic E-state index is 12.3. The number of hydrogen-bond acceptors (Lipinski definition) is 4. The van der Waals surface area contributed by atoms with E-state index in [0.29, 0.717) is 24.3 Å². The Hall–Kier alpha value is -2.88. The molecule has 1 aliphatic rings. The van der Waals surface area contributed by atoms with Crippen molar-refractivity contribution in [2.45, 2.75) is 64.0 Å². The summed E-state index contributed by atoms with van der Waals surface area (Å²) in [7, 11) is 0. The molecule has 1 aromatic heterocycles. The van der Waals surface area contributed by atoms with Gasteiger partial charge in [-0.15, -0.1) is 23.2 Å². The average Bonchev–Trinajstić information content (AvgIpc) is 3.45. The van der Waals surface area contributed by atoms with Gasteiger partial charge in [0.25, 0.3) is 0 Å². The molecular formula is C28H33NO4S. The Morgan fingerprint density at radius 2 is 2.00 bits per heavy atom. The molecule has 1 aromatic carbocycles. The Morgan fingerprint density at radius 3 is 2.74 bits per heavy atom. The molecule has 2 heterocycles. The predicted octanol–water partition coefficient (Wildman–Crippen LogP) is 4.95. The molecule has 0 spiro atoms. The number of carbonyl (C=O) groups excluding carboxylic acids is 1. The number of aliphatic hydroxyl groups is 1. The lowest BCUT2D eigenvalue weighted by atomic mass is 9.99. The summed E-state index contributed by atoms with van der Waals surface area (Å²) in [6.45, 7) is 2.62. The van der Waals surface area contributed by atoms with Gasteiger partial charge in [0, 0.05) is 30.7 Å². The molecule has 3 atom stereocenters. The summed E-state index contributed by atoms with van der Waals surface area (Å²) in [6.07, 6.45) is 8.37. The van der Waals surface area contributed by atoms with Crippen LogP contribution in [0.4, 0.5) is 0 Å². The van der Waals surface area contributed by atoms with Gasteiger partial charge in [0.05, 0.1) is 12.1 Å². The molecule has 0 aliphatic carbocycles. The number of likely N-dealkylation sites (tertiary alicyclic amines) is 1. The Balaban J connectivity index is 1.41. The van der Waals surface area contributed by atoms with Crippen molar-refractivity contribution in [1.29, 1.82) is 0 Å². The molecule has 0 radical (unpaired) electrons. The molecule has 1 saturated heterocycles. The molecule has 180 valence electrons. The monoisotopic (exact) mass is 479 g/mol. The molecule has 1 aliphatic heterocycles. The number of aliphatic hydroxyl groups excluding tert-OH is 1. The highest BCUT2D eigenvalue weighted by molar-refractivity contribution is 7.13. The number of carboxylic acid groups (broad SMARTS) is 1. The first-order valence-electron chi connectivity index (χ1n) is 11.9. The van der Waals surface area contributed by atoms with Gasteiger partial charge < -0.3 is 15.1 Å². The van der Waals surface area contributed by atoms with Gasteiger partial charge in [-0.05, 0) is 49.3 Å². The number of carbonyl (C=O) groups is 2. The van der Waals surface area contributed by atoms with E-state index in [2.05, 4.69) is 24.0 Å². The molecule has 5 nitrogen and oxygen atoms in total. The fourth-order valence-electron chi connectivity index (χ4n) is 4.02. The summed E-state index contributed by atoms with van der Waals surface area (Å²) in [5, 5.41) is 19.6. The van der Waals surface area contributed by atoms with E-state index in [-0.39, 0.29) is 17.9 Å². The first-order valence-corrected chi connectivity index (χ1v) is 12.7. The van der Waals surface area contributed by atoms with Crippen molar-refractivity contribution in [2.24, 2.45) is 5.92 Å². The van der Waals surface area contributed by atoms with Crippen LogP contribution in [0.1, 0.15) is 59.1 Å². The Kier molecular flexibility index (Phi) is 9.93. The van der Waals surface area contributed by atoms with Gasteiger partial charge in [-0.25, -0.2) is 4.79 Å². The summed E-state index contributed by atoms with van der Waals surface area (Å²) < 4.78 is 0. The van der Waals surface area contributed by atoms with E-state index in [0.717, 1.165) is 37.0 Å². The van der Waals surface area contributed by atoms with Crippen LogP contribution in [0.25, 0.3) is 0 Å². The number of amides is 1. The lowest BCUT2D eigenvalue weighted by molar-refractivity contribution is -0.128. The molecule has 0 bridgehead atoms. The minimum absolute atomic E-state index is 0.00391. The molecule has 0 saturated carbocycles. The summed E-state index contributed by atoms with van der Waals surface area (Å²) in [5.74, 6) is 5.65. The van der Waals surface area contributed by atoms with E-state index in [4.69, 9.17) is 5.11 Å². The van der Waals surface area contributed by atoms with Crippen molar-refractivity contribution < 1.29 is 19.8 Å². The predicted molar refractivity (Wildman–Crippen MR) is 136 cm³/mol. The number of benzene rings is 1. The largest absolute Gasteiger partial charge is 0.477 e. The van der Waals surface area contributed by atoms with Crippen molar-refractivity contribution in [3.05, 3.63) is 69.9 Å². The van der Waals surface area contributed by atoms with E-state index < -0.39 is 12.1 Å². The zero-order valence-electron chi connectivity index (χ0n) is 19.7. The van der Waals surface area contributed by atoms with Crippen LogP contribution in [0, 0.1) is 17.8 Å². The number of rotatable bonds is 11. The lowest BCUT2D eigenvalue weighted by Gasteiger charge is -2.23. The number of aryl methyl sites for hydroxylation is 2.